The SMILES string of the molecule is COC1(c2ccccc2C2(CC(=O)O)CC2)CC1. The van der Waals surface area contributed by atoms with Gasteiger partial charge in [0.2, 0.25) is 0 Å². The van der Waals surface area contributed by atoms with Gasteiger partial charge in [-0.2, -0.15) is 0 Å². The Morgan fingerprint density at radius 3 is 2.28 bits per heavy atom. The molecule has 18 heavy (non-hydrogen) atoms. The van der Waals surface area contributed by atoms with Gasteiger partial charge in [-0.05, 0) is 36.8 Å². The number of rotatable bonds is 5. The maximum Gasteiger partial charge on any atom is 0.304 e. The first kappa shape index (κ1) is 11.7. The van der Waals surface area contributed by atoms with Crippen molar-refractivity contribution < 1.29 is 14.6 Å². The van der Waals surface area contributed by atoms with E-state index in [1.54, 1.807) is 7.11 Å². The third-order valence-corrected chi connectivity index (χ3v) is 4.43. The molecule has 0 saturated heterocycles. The molecule has 3 rings (SSSR count). The zero-order valence-corrected chi connectivity index (χ0v) is 10.6. The minimum Gasteiger partial charge on any atom is -0.481 e. The monoisotopic (exact) mass is 246 g/mol. The molecule has 0 aromatic heterocycles. The topological polar surface area (TPSA) is 46.5 Å². The van der Waals surface area contributed by atoms with Crippen LogP contribution >= 0.6 is 0 Å². The van der Waals surface area contributed by atoms with Crippen LogP contribution in [-0.4, -0.2) is 18.2 Å². The van der Waals surface area contributed by atoms with E-state index in [1.165, 1.54) is 11.1 Å². The molecule has 0 aliphatic heterocycles. The second-order valence-electron chi connectivity index (χ2n) is 5.59. The van der Waals surface area contributed by atoms with Crippen molar-refractivity contribution in [3.63, 3.8) is 0 Å². The molecule has 2 saturated carbocycles. The van der Waals surface area contributed by atoms with Crippen molar-refractivity contribution >= 4 is 5.97 Å². The number of hydrogen-bond donors (Lipinski definition) is 1. The second kappa shape index (κ2) is 3.82. The van der Waals surface area contributed by atoms with E-state index in [-0.39, 0.29) is 17.4 Å². The van der Waals surface area contributed by atoms with Gasteiger partial charge in [0, 0.05) is 12.5 Å². The van der Waals surface area contributed by atoms with Crippen molar-refractivity contribution in [1.29, 1.82) is 0 Å². The molecule has 0 atom stereocenters. The van der Waals surface area contributed by atoms with Crippen LogP contribution in [0.25, 0.3) is 0 Å². The highest BCUT2D eigenvalue weighted by Crippen LogP contribution is 2.58. The maximum absolute atomic E-state index is 11.0. The van der Waals surface area contributed by atoms with E-state index in [9.17, 15) is 4.79 Å². The summed E-state index contributed by atoms with van der Waals surface area (Å²) in [4.78, 5) is 11.0. The third-order valence-electron chi connectivity index (χ3n) is 4.43. The molecule has 1 aromatic carbocycles. The van der Waals surface area contributed by atoms with Gasteiger partial charge in [0.1, 0.15) is 0 Å². The lowest BCUT2D eigenvalue weighted by Crippen LogP contribution is -2.20. The van der Waals surface area contributed by atoms with E-state index in [4.69, 9.17) is 9.84 Å². The molecule has 0 bridgehead atoms. The van der Waals surface area contributed by atoms with E-state index in [2.05, 4.69) is 12.1 Å². The van der Waals surface area contributed by atoms with Gasteiger partial charge in [0.15, 0.2) is 0 Å². The molecule has 0 spiro atoms. The van der Waals surface area contributed by atoms with Gasteiger partial charge in [0.05, 0.1) is 12.0 Å². The largest absolute Gasteiger partial charge is 0.481 e. The number of carboxylic acids is 1. The lowest BCUT2D eigenvalue weighted by molar-refractivity contribution is -0.137. The van der Waals surface area contributed by atoms with Gasteiger partial charge in [-0.1, -0.05) is 24.3 Å². The molecule has 2 fully saturated rings. The summed E-state index contributed by atoms with van der Waals surface area (Å²) < 4.78 is 5.66. The Labute approximate surface area is 107 Å². The van der Waals surface area contributed by atoms with Crippen LogP contribution in [0.15, 0.2) is 24.3 Å². The minimum atomic E-state index is -0.704. The van der Waals surface area contributed by atoms with Crippen LogP contribution in [-0.2, 0) is 20.5 Å². The Bertz CT molecular complexity index is 484. The van der Waals surface area contributed by atoms with Gasteiger partial charge in [-0.3, -0.25) is 4.79 Å². The average molecular weight is 246 g/mol. The van der Waals surface area contributed by atoms with Gasteiger partial charge < -0.3 is 9.84 Å². The molecule has 0 radical (unpaired) electrons. The van der Waals surface area contributed by atoms with E-state index < -0.39 is 5.97 Å². The Kier molecular flexibility index (Phi) is 2.49. The zero-order chi connectivity index (χ0) is 12.8. The standard InChI is InChI=1S/C15H18O3/c1-18-15(8-9-15)12-5-3-2-4-11(12)14(6-7-14)10-13(16)17/h2-5H,6-10H2,1H3,(H,16,17). The predicted molar refractivity (Wildman–Crippen MR) is 67.5 cm³/mol. The number of benzene rings is 1. The molecular weight excluding hydrogens is 228 g/mol. The van der Waals surface area contributed by atoms with E-state index in [0.29, 0.717) is 0 Å². The first-order valence-corrected chi connectivity index (χ1v) is 6.49. The molecule has 3 nitrogen and oxygen atoms in total. The summed E-state index contributed by atoms with van der Waals surface area (Å²) in [6.45, 7) is 0. The van der Waals surface area contributed by atoms with E-state index >= 15 is 0 Å². The highest BCUT2D eigenvalue weighted by Gasteiger charge is 2.53. The third kappa shape index (κ3) is 1.74. The Morgan fingerprint density at radius 2 is 1.83 bits per heavy atom. The van der Waals surface area contributed by atoms with E-state index in [0.717, 1.165) is 25.7 Å². The number of hydrogen-bond acceptors (Lipinski definition) is 2. The number of ether oxygens (including phenoxy) is 1. The molecule has 2 aliphatic rings. The van der Waals surface area contributed by atoms with Crippen molar-refractivity contribution in [2.75, 3.05) is 7.11 Å². The number of carboxylic acid groups (broad SMARTS) is 1. The highest BCUT2D eigenvalue weighted by atomic mass is 16.5. The fraction of sp³-hybridized carbons (Fsp3) is 0.533. The minimum absolute atomic E-state index is 0.128. The normalized spacial score (nSPS) is 22.5. The molecule has 0 amide bonds. The van der Waals surface area contributed by atoms with Crippen molar-refractivity contribution in [3.05, 3.63) is 35.4 Å². The Morgan fingerprint density at radius 1 is 1.22 bits per heavy atom. The summed E-state index contributed by atoms with van der Waals surface area (Å²) >= 11 is 0. The summed E-state index contributed by atoms with van der Waals surface area (Å²) in [5.74, 6) is -0.704. The van der Waals surface area contributed by atoms with Crippen LogP contribution in [0.4, 0.5) is 0 Å². The summed E-state index contributed by atoms with van der Waals surface area (Å²) in [6, 6.07) is 8.22. The molecule has 2 aliphatic carbocycles. The predicted octanol–water partition coefficient (Wildman–Crippen LogP) is 2.83. The smallest absolute Gasteiger partial charge is 0.304 e. The Balaban J connectivity index is 2.00. The van der Waals surface area contributed by atoms with Crippen molar-refractivity contribution in [1.82, 2.24) is 0 Å². The average Bonchev–Trinajstić information content (AvgIpc) is 3.24. The molecule has 1 aromatic rings. The lowest BCUT2D eigenvalue weighted by atomic mass is 9.86. The fourth-order valence-electron chi connectivity index (χ4n) is 3.02. The van der Waals surface area contributed by atoms with Gasteiger partial charge in [-0.15, -0.1) is 0 Å². The number of carbonyl (C=O) groups is 1. The summed E-state index contributed by atoms with van der Waals surface area (Å²) in [7, 11) is 1.75. The molecule has 96 valence electrons. The first-order valence-electron chi connectivity index (χ1n) is 6.49. The van der Waals surface area contributed by atoms with Crippen LogP contribution < -0.4 is 0 Å². The van der Waals surface area contributed by atoms with Crippen LogP contribution in [0.2, 0.25) is 0 Å². The van der Waals surface area contributed by atoms with Crippen molar-refractivity contribution in [2.45, 2.75) is 43.1 Å². The lowest BCUT2D eigenvalue weighted by Gasteiger charge is -2.23. The fourth-order valence-corrected chi connectivity index (χ4v) is 3.02. The van der Waals surface area contributed by atoms with Gasteiger partial charge >= 0.3 is 5.97 Å². The van der Waals surface area contributed by atoms with Crippen LogP contribution in [0.1, 0.15) is 43.2 Å². The highest BCUT2D eigenvalue weighted by molar-refractivity contribution is 5.70. The van der Waals surface area contributed by atoms with Crippen molar-refractivity contribution in [2.24, 2.45) is 0 Å². The number of methoxy groups -OCH3 is 1. The maximum atomic E-state index is 11.0. The summed E-state index contributed by atoms with van der Waals surface area (Å²) in [5.41, 5.74) is 2.15. The van der Waals surface area contributed by atoms with E-state index in [1.807, 2.05) is 12.1 Å². The van der Waals surface area contributed by atoms with Crippen LogP contribution in [0.5, 0.6) is 0 Å². The van der Waals surface area contributed by atoms with Gasteiger partial charge in [0.25, 0.3) is 0 Å². The van der Waals surface area contributed by atoms with Crippen LogP contribution in [0.3, 0.4) is 0 Å². The zero-order valence-electron chi connectivity index (χ0n) is 10.6. The van der Waals surface area contributed by atoms with Crippen LogP contribution in [0, 0.1) is 0 Å². The van der Waals surface area contributed by atoms with Crippen molar-refractivity contribution in [3.8, 4) is 0 Å². The molecule has 3 heteroatoms. The molecular formula is C15H18O3. The second-order valence-corrected chi connectivity index (χ2v) is 5.59. The quantitative estimate of drug-likeness (QED) is 0.869. The number of aliphatic carboxylic acids is 1. The van der Waals surface area contributed by atoms with Gasteiger partial charge in [-0.25, -0.2) is 0 Å². The molecule has 0 unspecified atom stereocenters. The summed E-state index contributed by atoms with van der Waals surface area (Å²) in [6.07, 6.45) is 4.29. The Hall–Kier alpha value is -1.35. The summed E-state index contributed by atoms with van der Waals surface area (Å²) in [5, 5.41) is 9.09. The molecule has 1 N–H and O–H groups in total. The first-order chi connectivity index (χ1) is 8.62. The molecule has 0 heterocycles.